The van der Waals surface area contributed by atoms with E-state index in [2.05, 4.69) is 15.2 Å². The number of nitrogens with one attached hydrogen (secondary N) is 1. The lowest BCUT2D eigenvalue weighted by Gasteiger charge is -2.38. The summed E-state index contributed by atoms with van der Waals surface area (Å²) in [5, 5.41) is 2.81. The molecule has 7 nitrogen and oxygen atoms in total. The first-order valence-corrected chi connectivity index (χ1v) is 9.44. The maximum atomic E-state index is 14.1. The summed E-state index contributed by atoms with van der Waals surface area (Å²) in [7, 11) is 0. The number of hydrogen-bond acceptors (Lipinski definition) is 5. The van der Waals surface area contributed by atoms with E-state index in [0.29, 0.717) is 38.5 Å². The van der Waals surface area contributed by atoms with Gasteiger partial charge in [0.25, 0.3) is 5.91 Å². The van der Waals surface area contributed by atoms with Crippen LogP contribution in [-0.2, 0) is 24.4 Å². The molecule has 4 heterocycles. The summed E-state index contributed by atoms with van der Waals surface area (Å²) in [6.45, 7) is 3.01. The van der Waals surface area contributed by atoms with E-state index in [-0.39, 0.29) is 17.5 Å². The third-order valence-corrected chi connectivity index (χ3v) is 5.87. The predicted octanol–water partition coefficient (Wildman–Crippen LogP) is 1.08. The van der Waals surface area contributed by atoms with E-state index in [1.807, 2.05) is 4.57 Å². The highest BCUT2D eigenvalue weighted by molar-refractivity contribution is 5.91. The molecule has 3 N–H and O–H groups in total. The van der Waals surface area contributed by atoms with Gasteiger partial charge in [0.05, 0.1) is 18.0 Å². The Balaban J connectivity index is 1.30. The van der Waals surface area contributed by atoms with Crippen molar-refractivity contribution in [3.05, 3.63) is 52.6 Å². The topological polar surface area (TPSA) is 85.4 Å². The summed E-state index contributed by atoms with van der Waals surface area (Å²) in [5.41, 5.74) is 8.43. The highest BCUT2D eigenvalue weighted by Crippen LogP contribution is 2.34. The molecule has 2 aromatic rings. The van der Waals surface area contributed by atoms with Gasteiger partial charge in [-0.1, -0.05) is 0 Å². The molecule has 1 saturated heterocycles. The summed E-state index contributed by atoms with van der Waals surface area (Å²) < 4.78 is 35.5. The highest BCUT2D eigenvalue weighted by atomic mass is 19.1. The van der Waals surface area contributed by atoms with Crippen LogP contribution in [-0.4, -0.2) is 45.6 Å². The van der Waals surface area contributed by atoms with Crippen molar-refractivity contribution in [2.75, 3.05) is 13.2 Å². The number of ether oxygens (including phenoxy) is 1. The predicted molar refractivity (Wildman–Crippen MR) is 95.2 cm³/mol. The zero-order valence-corrected chi connectivity index (χ0v) is 15.2. The lowest BCUT2D eigenvalue weighted by atomic mass is 9.93. The Kier molecular flexibility index (Phi) is 4.18. The maximum absolute atomic E-state index is 14.1. The van der Waals surface area contributed by atoms with Crippen LogP contribution in [0.15, 0.2) is 18.2 Å². The zero-order chi connectivity index (χ0) is 19.4. The molecule has 0 spiro atoms. The summed E-state index contributed by atoms with van der Waals surface area (Å²) in [4.78, 5) is 18.7. The van der Waals surface area contributed by atoms with E-state index in [1.165, 1.54) is 0 Å². The highest BCUT2D eigenvalue weighted by Gasteiger charge is 2.38. The molecule has 3 aliphatic rings. The fraction of sp³-hybridized carbons (Fsp3) is 0.474. The number of carbonyl (C=O) groups excluding carboxylic acids is 1. The molecule has 148 valence electrons. The fourth-order valence-electron chi connectivity index (χ4n) is 4.46. The minimum atomic E-state index is -0.662. The van der Waals surface area contributed by atoms with Crippen molar-refractivity contribution < 1.29 is 18.3 Å². The van der Waals surface area contributed by atoms with Gasteiger partial charge < -0.3 is 20.4 Å². The molecule has 3 atom stereocenters. The van der Waals surface area contributed by atoms with Gasteiger partial charge in [-0.2, -0.15) is 0 Å². The normalized spacial score (nSPS) is 27.4. The summed E-state index contributed by atoms with van der Waals surface area (Å²) >= 11 is 0. The monoisotopic (exact) mass is 389 g/mol. The quantitative estimate of drug-likeness (QED) is 0.803. The van der Waals surface area contributed by atoms with Gasteiger partial charge in [-0.25, -0.2) is 13.8 Å². The number of imidazole rings is 1. The average molecular weight is 389 g/mol. The second kappa shape index (κ2) is 6.61. The molecule has 0 saturated carbocycles. The van der Waals surface area contributed by atoms with E-state index in [4.69, 9.17) is 10.5 Å². The van der Waals surface area contributed by atoms with Crippen molar-refractivity contribution >= 4 is 5.91 Å². The van der Waals surface area contributed by atoms with E-state index < -0.39 is 23.8 Å². The minimum absolute atomic E-state index is 0.0609. The Labute approximate surface area is 160 Å². The SMILES string of the molecule is N[C@H]1C[C@@H](N2Cc3nc4n(c3C2)CCNC4=O)CO[C@@H]1c1cc(F)ccc1F. The van der Waals surface area contributed by atoms with E-state index >= 15 is 0 Å². The van der Waals surface area contributed by atoms with Gasteiger partial charge >= 0.3 is 0 Å². The van der Waals surface area contributed by atoms with E-state index in [9.17, 15) is 13.6 Å². The maximum Gasteiger partial charge on any atom is 0.287 e. The molecule has 0 aliphatic carbocycles. The fourth-order valence-corrected chi connectivity index (χ4v) is 4.46. The van der Waals surface area contributed by atoms with Gasteiger partial charge in [-0.15, -0.1) is 0 Å². The van der Waals surface area contributed by atoms with Crippen LogP contribution in [0.5, 0.6) is 0 Å². The molecule has 1 aromatic heterocycles. The Morgan fingerprint density at radius 3 is 2.96 bits per heavy atom. The molecule has 0 radical (unpaired) electrons. The standard InChI is InChI=1S/C19H21F2N5O2/c20-10-1-2-13(21)12(5-10)17-14(22)6-11(9-28-17)25-7-15-16(8-25)26-4-3-23-19(27)18(26)24-15/h1-2,5,11,14,17H,3-4,6-9,22H2,(H,23,27)/t11-,14+,17-/m1/s1. The Hall–Kier alpha value is -2.36. The van der Waals surface area contributed by atoms with Crippen molar-refractivity contribution in [1.29, 1.82) is 0 Å². The number of carbonyl (C=O) groups is 1. The molecule has 0 unspecified atom stereocenters. The number of halogens is 2. The number of fused-ring (bicyclic) bond motifs is 3. The summed E-state index contributed by atoms with van der Waals surface area (Å²) in [6.07, 6.45) is -0.0529. The summed E-state index contributed by atoms with van der Waals surface area (Å²) in [6, 6.07) is 2.97. The van der Waals surface area contributed by atoms with Crippen LogP contribution < -0.4 is 11.1 Å². The van der Waals surface area contributed by atoms with Crippen molar-refractivity contribution in [1.82, 2.24) is 19.8 Å². The Bertz CT molecular complexity index is 947. The lowest BCUT2D eigenvalue weighted by molar-refractivity contribution is -0.0535. The lowest BCUT2D eigenvalue weighted by Crippen LogP contribution is -2.48. The molecule has 1 amide bonds. The van der Waals surface area contributed by atoms with Crippen LogP contribution in [0.3, 0.4) is 0 Å². The van der Waals surface area contributed by atoms with E-state index in [0.717, 1.165) is 36.1 Å². The van der Waals surface area contributed by atoms with Crippen LogP contribution in [0.2, 0.25) is 0 Å². The van der Waals surface area contributed by atoms with E-state index in [1.54, 1.807) is 0 Å². The van der Waals surface area contributed by atoms with Gasteiger partial charge in [0, 0.05) is 43.8 Å². The van der Waals surface area contributed by atoms with Crippen molar-refractivity contribution in [2.45, 2.75) is 44.2 Å². The number of aromatic nitrogens is 2. The average Bonchev–Trinajstić information content (AvgIpc) is 3.23. The zero-order valence-electron chi connectivity index (χ0n) is 15.2. The molecule has 0 bridgehead atoms. The molecule has 1 aromatic carbocycles. The largest absolute Gasteiger partial charge is 0.370 e. The third kappa shape index (κ3) is 2.81. The molecule has 3 aliphatic heterocycles. The third-order valence-electron chi connectivity index (χ3n) is 5.87. The van der Waals surface area contributed by atoms with Crippen LogP contribution in [0.1, 0.15) is 40.1 Å². The smallest absolute Gasteiger partial charge is 0.287 e. The minimum Gasteiger partial charge on any atom is -0.370 e. The van der Waals surface area contributed by atoms with Crippen molar-refractivity contribution in [2.24, 2.45) is 5.73 Å². The first-order chi connectivity index (χ1) is 13.5. The number of hydrogen-bond donors (Lipinski definition) is 2. The van der Waals surface area contributed by atoms with Gasteiger partial charge in [-0.3, -0.25) is 9.69 Å². The number of benzene rings is 1. The van der Waals surface area contributed by atoms with Crippen molar-refractivity contribution in [3.8, 4) is 0 Å². The Morgan fingerprint density at radius 1 is 1.29 bits per heavy atom. The first-order valence-electron chi connectivity index (χ1n) is 9.44. The molecular formula is C19H21F2N5O2. The number of amides is 1. The van der Waals surface area contributed by atoms with Crippen LogP contribution >= 0.6 is 0 Å². The second-order valence-electron chi connectivity index (χ2n) is 7.61. The second-order valence-corrected chi connectivity index (χ2v) is 7.61. The molecule has 5 rings (SSSR count). The molecule has 9 heteroatoms. The number of nitrogens with two attached hydrogens (primary N) is 1. The first kappa shape index (κ1) is 17.7. The van der Waals surface area contributed by atoms with Gasteiger partial charge in [0.15, 0.2) is 5.82 Å². The number of nitrogens with zero attached hydrogens (tertiary/aromatic N) is 3. The van der Waals surface area contributed by atoms with Gasteiger partial charge in [0.2, 0.25) is 0 Å². The van der Waals surface area contributed by atoms with Gasteiger partial charge in [0.1, 0.15) is 17.7 Å². The summed E-state index contributed by atoms with van der Waals surface area (Å²) in [5.74, 6) is -0.662. The van der Waals surface area contributed by atoms with Crippen LogP contribution in [0, 0.1) is 11.6 Å². The van der Waals surface area contributed by atoms with Crippen LogP contribution in [0.25, 0.3) is 0 Å². The molecule has 1 fully saturated rings. The molecule has 28 heavy (non-hydrogen) atoms. The molecular weight excluding hydrogens is 368 g/mol. The van der Waals surface area contributed by atoms with Crippen molar-refractivity contribution in [3.63, 3.8) is 0 Å². The van der Waals surface area contributed by atoms with Gasteiger partial charge in [-0.05, 0) is 24.6 Å². The Morgan fingerprint density at radius 2 is 2.14 bits per heavy atom. The van der Waals surface area contributed by atoms with Crippen LogP contribution in [0.4, 0.5) is 8.78 Å². The number of rotatable bonds is 2.